The Balaban J connectivity index is 2.31. The van der Waals surface area contributed by atoms with Gasteiger partial charge in [-0.05, 0) is 24.3 Å². The molecule has 2 rings (SSSR count). The first-order valence-electron chi connectivity index (χ1n) is 5.47. The van der Waals surface area contributed by atoms with Crippen molar-refractivity contribution in [1.29, 1.82) is 0 Å². The predicted molar refractivity (Wildman–Crippen MR) is 78.9 cm³/mol. The standard InChI is InChI=1S/C12H12ClN3O2S/c1-15(7-8-5-6-11(13)19-8)10-4-2-3-9(14)12(10)16(17)18/h2-6H,7,14H2,1H3. The van der Waals surface area contributed by atoms with E-state index in [4.69, 9.17) is 17.3 Å². The summed E-state index contributed by atoms with van der Waals surface area (Å²) < 4.78 is 0.700. The summed E-state index contributed by atoms with van der Waals surface area (Å²) in [6.45, 7) is 0.543. The molecule has 0 bridgehead atoms. The third-order valence-electron chi connectivity index (χ3n) is 2.66. The highest BCUT2D eigenvalue weighted by Gasteiger charge is 2.20. The molecule has 0 fully saturated rings. The van der Waals surface area contributed by atoms with Crippen LogP contribution < -0.4 is 10.6 Å². The van der Waals surface area contributed by atoms with E-state index in [9.17, 15) is 10.1 Å². The van der Waals surface area contributed by atoms with Crippen LogP contribution in [0.2, 0.25) is 4.34 Å². The van der Waals surface area contributed by atoms with Crippen molar-refractivity contribution in [3.63, 3.8) is 0 Å². The molecule has 1 aromatic heterocycles. The molecule has 100 valence electrons. The van der Waals surface area contributed by atoms with E-state index in [1.165, 1.54) is 17.4 Å². The van der Waals surface area contributed by atoms with E-state index in [1.54, 1.807) is 24.1 Å². The number of hydrogen-bond donors (Lipinski definition) is 1. The second-order valence-electron chi connectivity index (χ2n) is 4.03. The molecule has 0 aliphatic heterocycles. The average molecular weight is 298 g/mol. The zero-order chi connectivity index (χ0) is 14.0. The molecule has 0 radical (unpaired) electrons. The van der Waals surface area contributed by atoms with E-state index in [2.05, 4.69) is 0 Å². The lowest BCUT2D eigenvalue weighted by molar-refractivity contribution is -0.383. The molecule has 19 heavy (non-hydrogen) atoms. The zero-order valence-electron chi connectivity index (χ0n) is 10.2. The molecule has 0 atom stereocenters. The second kappa shape index (κ2) is 5.46. The Morgan fingerprint density at radius 3 is 2.74 bits per heavy atom. The average Bonchev–Trinajstić information content (AvgIpc) is 2.73. The van der Waals surface area contributed by atoms with Crippen LogP contribution in [0.15, 0.2) is 30.3 Å². The lowest BCUT2D eigenvalue weighted by atomic mass is 10.2. The lowest BCUT2D eigenvalue weighted by Gasteiger charge is -2.18. The molecule has 1 heterocycles. The van der Waals surface area contributed by atoms with Gasteiger partial charge in [0.15, 0.2) is 0 Å². The molecular formula is C12H12ClN3O2S. The fraction of sp³-hybridized carbons (Fsp3) is 0.167. The Labute approximate surface area is 119 Å². The molecule has 2 N–H and O–H groups in total. The first-order valence-corrected chi connectivity index (χ1v) is 6.66. The number of nitrogens with zero attached hydrogens (tertiary/aromatic N) is 2. The number of anilines is 2. The van der Waals surface area contributed by atoms with Crippen molar-refractivity contribution < 1.29 is 4.92 Å². The molecule has 0 spiro atoms. The van der Waals surface area contributed by atoms with Gasteiger partial charge >= 0.3 is 5.69 Å². The summed E-state index contributed by atoms with van der Waals surface area (Å²) in [6.07, 6.45) is 0. The molecule has 0 aliphatic rings. The highest BCUT2D eigenvalue weighted by atomic mass is 35.5. The van der Waals surface area contributed by atoms with Crippen LogP contribution in [0.4, 0.5) is 17.1 Å². The number of thiophene rings is 1. The Morgan fingerprint density at radius 2 is 2.16 bits per heavy atom. The van der Waals surface area contributed by atoms with E-state index in [0.717, 1.165) is 4.88 Å². The molecule has 0 saturated heterocycles. The summed E-state index contributed by atoms with van der Waals surface area (Å²) in [5, 5.41) is 11.1. The summed E-state index contributed by atoms with van der Waals surface area (Å²) >= 11 is 7.32. The lowest BCUT2D eigenvalue weighted by Crippen LogP contribution is -2.17. The van der Waals surface area contributed by atoms with Crippen LogP contribution in [-0.4, -0.2) is 12.0 Å². The van der Waals surface area contributed by atoms with Crippen LogP contribution in [0.3, 0.4) is 0 Å². The Kier molecular flexibility index (Phi) is 3.92. The zero-order valence-corrected chi connectivity index (χ0v) is 11.7. The molecule has 5 nitrogen and oxygen atoms in total. The first-order chi connectivity index (χ1) is 8.99. The first kappa shape index (κ1) is 13.6. The highest BCUT2D eigenvalue weighted by Crippen LogP contribution is 2.34. The van der Waals surface area contributed by atoms with Crippen molar-refractivity contribution in [3.05, 3.63) is 49.7 Å². The van der Waals surface area contributed by atoms with Crippen LogP contribution in [0.1, 0.15) is 4.88 Å². The van der Waals surface area contributed by atoms with E-state index < -0.39 is 4.92 Å². The van der Waals surface area contributed by atoms with Crippen molar-refractivity contribution in [1.82, 2.24) is 0 Å². The summed E-state index contributed by atoms with van der Waals surface area (Å²) in [6, 6.07) is 8.63. The van der Waals surface area contributed by atoms with Gasteiger partial charge in [0.1, 0.15) is 11.4 Å². The van der Waals surface area contributed by atoms with Crippen LogP contribution in [0, 0.1) is 10.1 Å². The monoisotopic (exact) mass is 297 g/mol. The summed E-state index contributed by atoms with van der Waals surface area (Å²) in [5.74, 6) is 0. The highest BCUT2D eigenvalue weighted by molar-refractivity contribution is 7.16. The van der Waals surface area contributed by atoms with Crippen molar-refractivity contribution in [2.75, 3.05) is 17.7 Å². The number of halogens is 1. The van der Waals surface area contributed by atoms with Gasteiger partial charge in [0.2, 0.25) is 0 Å². The van der Waals surface area contributed by atoms with Crippen LogP contribution in [0.25, 0.3) is 0 Å². The largest absolute Gasteiger partial charge is 0.393 e. The quantitative estimate of drug-likeness (QED) is 0.532. The van der Waals surface area contributed by atoms with E-state index in [-0.39, 0.29) is 11.4 Å². The molecule has 7 heteroatoms. The SMILES string of the molecule is CN(Cc1ccc(Cl)s1)c1cccc(N)c1[N+](=O)[O-]. The molecule has 0 saturated carbocycles. The third-order valence-corrected chi connectivity index (χ3v) is 3.88. The van der Waals surface area contributed by atoms with Crippen molar-refractivity contribution in [2.24, 2.45) is 0 Å². The van der Waals surface area contributed by atoms with Crippen LogP contribution in [-0.2, 0) is 6.54 Å². The maximum absolute atomic E-state index is 11.1. The van der Waals surface area contributed by atoms with Gasteiger partial charge in [-0.1, -0.05) is 17.7 Å². The van der Waals surface area contributed by atoms with E-state index >= 15 is 0 Å². The van der Waals surface area contributed by atoms with Gasteiger partial charge in [-0.25, -0.2) is 0 Å². The topological polar surface area (TPSA) is 72.4 Å². The van der Waals surface area contributed by atoms with Crippen LogP contribution in [0.5, 0.6) is 0 Å². The molecule has 0 unspecified atom stereocenters. The summed E-state index contributed by atoms with van der Waals surface area (Å²) in [4.78, 5) is 13.4. The number of nitro groups is 1. The smallest absolute Gasteiger partial charge is 0.315 e. The third kappa shape index (κ3) is 2.97. The number of para-hydroxylation sites is 1. The number of hydrogen-bond acceptors (Lipinski definition) is 5. The Bertz CT molecular complexity index is 615. The summed E-state index contributed by atoms with van der Waals surface area (Å²) in [7, 11) is 1.79. The minimum absolute atomic E-state index is 0.0624. The van der Waals surface area contributed by atoms with Crippen molar-refractivity contribution in [3.8, 4) is 0 Å². The molecular weight excluding hydrogens is 286 g/mol. The van der Waals surface area contributed by atoms with Gasteiger partial charge in [0.25, 0.3) is 0 Å². The van der Waals surface area contributed by atoms with Gasteiger partial charge < -0.3 is 10.6 Å². The normalized spacial score (nSPS) is 10.4. The maximum Gasteiger partial charge on any atom is 0.315 e. The molecule has 0 aliphatic carbocycles. The Hall–Kier alpha value is -1.79. The van der Waals surface area contributed by atoms with Gasteiger partial charge in [0.05, 0.1) is 15.8 Å². The fourth-order valence-corrected chi connectivity index (χ4v) is 2.95. The van der Waals surface area contributed by atoms with E-state index in [1.807, 2.05) is 12.1 Å². The Morgan fingerprint density at radius 1 is 1.42 bits per heavy atom. The number of rotatable bonds is 4. The van der Waals surface area contributed by atoms with Crippen molar-refractivity contribution >= 4 is 40.0 Å². The molecule has 1 aromatic carbocycles. The second-order valence-corrected chi connectivity index (χ2v) is 5.83. The maximum atomic E-state index is 11.1. The predicted octanol–water partition coefficient (Wildman–Crippen LogP) is 3.53. The molecule has 0 amide bonds. The minimum Gasteiger partial charge on any atom is -0.393 e. The van der Waals surface area contributed by atoms with Crippen molar-refractivity contribution in [2.45, 2.75) is 6.54 Å². The minimum atomic E-state index is -0.456. The van der Waals surface area contributed by atoms with Crippen LogP contribution >= 0.6 is 22.9 Å². The number of benzene rings is 1. The number of nitro benzene ring substituents is 1. The number of nitrogens with two attached hydrogens (primary N) is 1. The van der Waals surface area contributed by atoms with Gasteiger partial charge in [-0.15, -0.1) is 11.3 Å². The summed E-state index contributed by atoms with van der Waals surface area (Å²) in [5.41, 5.74) is 6.27. The van der Waals surface area contributed by atoms with Gasteiger partial charge in [-0.2, -0.15) is 0 Å². The van der Waals surface area contributed by atoms with E-state index in [0.29, 0.717) is 16.6 Å². The molecule has 2 aromatic rings. The van der Waals surface area contributed by atoms with Gasteiger partial charge in [-0.3, -0.25) is 10.1 Å². The van der Waals surface area contributed by atoms with Gasteiger partial charge in [0, 0.05) is 11.9 Å². The number of nitrogen functional groups attached to an aromatic ring is 1. The fourth-order valence-electron chi connectivity index (χ4n) is 1.81.